The summed E-state index contributed by atoms with van der Waals surface area (Å²) in [6, 6.07) is 2.05. The summed E-state index contributed by atoms with van der Waals surface area (Å²) >= 11 is 0. The molecule has 0 aliphatic heterocycles. The summed E-state index contributed by atoms with van der Waals surface area (Å²) in [5.41, 5.74) is 1.21. The van der Waals surface area contributed by atoms with Crippen LogP contribution in [0.4, 0.5) is 0 Å². The maximum absolute atomic E-state index is 5.90. The summed E-state index contributed by atoms with van der Waals surface area (Å²) in [5.74, 6) is 1.60. The van der Waals surface area contributed by atoms with E-state index in [1.807, 2.05) is 18.5 Å². The third kappa shape index (κ3) is 8.71. The van der Waals surface area contributed by atoms with E-state index in [0.717, 1.165) is 31.9 Å². The minimum atomic E-state index is 0.666. The Hall–Kier alpha value is -1.09. The zero-order chi connectivity index (χ0) is 15.3. The second-order valence-corrected chi connectivity index (χ2v) is 6.12. The first kappa shape index (κ1) is 18.0. The van der Waals surface area contributed by atoms with Crippen molar-refractivity contribution in [3.05, 3.63) is 24.0 Å². The number of pyridine rings is 1. The molecule has 0 aromatic carbocycles. The molecule has 0 aliphatic rings. The third-order valence-electron chi connectivity index (χ3n) is 3.49. The Morgan fingerprint density at radius 1 is 1.14 bits per heavy atom. The lowest BCUT2D eigenvalue weighted by Crippen LogP contribution is -2.19. The van der Waals surface area contributed by atoms with Gasteiger partial charge in [0.15, 0.2) is 0 Å². The van der Waals surface area contributed by atoms with Crippen molar-refractivity contribution in [2.45, 2.75) is 65.8 Å². The molecule has 21 heavy (non-hydrogen) atoms. The van der Waals surface area contributed by atoms with Crippen molar-refractivity contribution >= 4 is 0 Å². The van der Waals surface area contributed by atoms with Gasteiger partial charge in [-0.2, -0.15) is 0 Å². The van der Waals surface area contributed by atoms with Crippen molar-refractivity contribution in [3.8, 4) is 5.75 Å². The lowest BCUT2D eigenvalue weighted by molar-refractivity contribution is 0.299. The van der Waals surface area contributed by atoms with E-state index in [1.54, 1.807) is 0 Å². The molecule has 120 valence electrons. The number of ether oxygens (including phenoxy) is 1. The van der Waals surface area contributed by atoms with Crippen LogP contribution in [-0.2, 0) is 6.54 Å². The number of aromatic nitrogens is 1. The highest BCUT2D eigenvalue weighted by atomic mass is 16.5. The minimum absolute atomic E-state index is 0.666. The van der Waals surface area contributed by atoms with Gasteiger partial charge >= 0.3 is 0 Å². The van der Waals surface area contributed by atoms with E-state index in [-0.39, 0.29) is 0 Å². The molecule has 0 amide bonds. The molecular formula is C18H32N2O. The normalized spacial score (nSPS) is 11.0. The first-order valence-electron chi connectivity index (χ1n) is 8.50. The summed E-state index contributed by atoms with van der Waals surface area (Å²) in [5, 5.41) is 3.46. The van der Waals surface area contributed by atoms with Crippen molar-refractivity contribution in [2.24, 2.45) is 5.92 Å². The van der Waals surface area contributed by atoms with Gasteiger partial charge in [0, 0.05) is 18.3 Å². The molecule has 3 nitrogen and oxygen atoms in total. The number of hydrogen-bond acceptors (Lipinski definition) is 3. The first-order valence-corrected chi connectivity index (χ1v) is 8.50. The summed E-state index contributed by atoms with van der Waals surface area (Å²) in [6.45, 7) is 9.37. The number of nitrogens with one attached hydrogen (secondary N) is 1. The van der Waals surface area contributed by atoms with E-state index in [1.165, 1.54) is 37.7 Å². The molecular weight excluding hydrogens is 260 g/mol. The van der Waals surface area contributed by atoms with Gasteiger partial charge in [-0.25, -0.2) is 0 Å². The van der Waals surface area contributed by atoms with Gasteiger partial charge in [-0.05, 0) is 24.9 Å². The molecule has 0 atom stereocenters. The van der Waals surface area contributed by atoms with Crippen molar-refractivity contribution in [1.29, 1.82) is 0 Å². The van der Waals surface area contributed by atoms with Crippen LogP contribution in [0.5, 0.6) is 5.75 Å². The molecule has 0 bridgehead atoms. The SMILES string of the molecule is CCCCCCCCOc1cnccc1CNCC(C)C. The maximum atomic E-state index is 5.90. The molecule has 1 aromatic rings. The smallest absolute Gasteiger partial charge is 0.142 e. The zero-order valence-corrected chi connectivity index (χ0v) is 14.0. The van der Waals surface area contributed by atoms with Crippen LogP contribution in [0.15, 0.2) is 18.5 Å². The lowest BCUT2D eigenvalue weighted by atomic mass is 10.1. The fraction of sp³-hybridized carbons (Fsp3) is 0.722. The van der Waals surface area contributed by atoms with E-state index in [0.29, 0.717) is 5.92 Å². The predicted octanol–water partition coefficient (Wildman–Crippen LogP) is 4.57. The van der Waals surface area contributed by atoms with Crippen LogP contribution in [0.25, 0.3) is 0 Å². The molecule has 1 aromatic heterocycles. The Morgan fingerprint density at radius 3 is 2.67 bits per heavy atom. The Kier molecular flexibility index (Phi) is 9.88. The largest absolute Gasteiger partial charge is 0.492 e. The van der Waals surface area contributed by atoms with Gasteiger partial charge in [0.25, 0.3) is 0 Å². The summed E-state index contributed by atoms with van der Waals surface area (Å²) in [7, 11) is 0. The Bertz CT molecular complexity index is 366. The van der Waals surface area contributed by atoms with Gasteiger partial charge in [-0.3, -0.25) is 4.98 Å². The average Bonchev–Trinajstić information content (AvgIpc) is 2.47. The van der Waals surface area contributed by atoms with E-state index in [9.17, 15) is 0 Å². The topological polar surface area (TPSA) is 34.1 Å². The van der Waals surface area contributed by atoms with Crippen LogP contribution < -0.4 is 10.1 Å². The Labute approximate surface area is 130 Å². The molecule has 1 N–H and O–H groups in total. The molecule has 0 saturated heterocycles. The molecule has 1 heterocycles. The van der Waals surface area contributed by atoms with Crippen molar-refractivity contribution in [2.75, 3.05) is 13.2 Å². The minimum Gasteiger partial charge on any atom is -0.492 e. The third-order valence-corrected chi connectivity index (χ3v) is 3.49. The predicted molar refractivity (Wildman–Crippen MR) is 89.7 cm³/mol. The van der Waals surface area contributed by atoms with Gasteiger partial charge in [-0.15, -0.1) is 0 Å². The van der Waals surface area contributed by atoms with Crippen LogP contribution in [0, 0.1) is 5.92 Å². The molecule has 0 radical (unpaired) electrons. The molecule has 1 rings (SSSR count). The van der Waals surface area contributed by atoms with Crippen LogP contribution in [0.1, 0.15) is 64.9 Å². The zero-order valence-electron chi connectivity index (χ0n) is 14.0. The van der Waals surface area contributed by atoms with Crippen molar-refractivity contribution < 1.29 is 4.74 Å². The molecule has 0 aliphatic carbocycles. The van der Waals surface area contributed by atoms with E-state index in [2.05, 4.69) is 31.1 Å². The van der Waals surface area contributed by atoms with Gasteiger partial charge in [-0.1, -0.05) is 52.9 Å². The van der Waals surface area contributed by atoms with E-state index in [4.69, 9.17) is 4.74 Å². The van der Waals surface area contributed by atoms with Crippen molar-refractivity contribution in [1.82, 2.24) is 10.3 Å². The second kappa shape index (κ2) is 11.6. The molecule has 0 unspecified atom stereocenters. The van der Waals surface area contributed by atoms with Crippen LogP contribution in [-0.4, -0.2) is 18.1 Å². The van der Waals surface area contributed by atoms with Crippen LogP contribution >= 0.6 is 0 Å². The first-order chi connectivity index (χ1) is 10.2. The highest BCUT2D eigenvalue weighted by Gasteiger charge is 2.04. The highest BCUT2D eigenvalue weighted by molar-refractivity contribution is 5.29. The van der Waals surface area contributed by atoms with Crippen LogP contribution in [0.2, 0.25) is 0 Å². The number of nitrogens with zero attached hydrogens (tertiary/aromatic N) is 1. The Morgan fingerprint density at radius 2 is 1.90 bits per heavy atom. The van der Waals surface area contributed by atoms with Crippen molar-refractivity contribution in [3.63, 3.8) is 0 Å². The van der Waals surface area contributed by atoms with E-state index < -0.39 is 0 Å². The number of unbranched alkanes of at least 4 members (excludes halogenated alkanes) is 5. The fourth-order valence-electron chi connectivity index (χ4n) is 2.24. The number of hydrogen-bond donors (Lipinski definition) is 1. The summed E-state index contributed by atoms with van der Waals surface area (Å²) in [4.78, 5) is 4.18. The average molecular weight is 292 g/mol. The summed E-state index contributed by atoms with van der Waals surface area (Å²) in [6.07, 6.45) is 11.4. The van der Waals surface area contributed by atoms with Gasteiger partial charge in [0.1, 0.15) is 5.75 Å². The standard InChI is InChI=1S/C18H32N2O/c1-4-5-6-7-8-9-12-21-18-15-19-11-10-17(18)14-20-13-16(2)3/h10-11,15-16,20H,4-9,12-14H2,1-3H3. The maximum Gasteiger partial charge on any atom is 0.142 e. The summed E-state index contributed by atoms with van der Waals surface area (Å²) < 4.78 is 5.90. The highest BCUT2D eigenvalue weighted by Crippen LogP contribution is 2.17. The fourth-order valence-corrected chi connectivity index (χ4v) is 2.24. The van der Waals surface area contributed by atoms with Gasteiger partial charge in [0.2, 0.25) is 0 Å². The quantitative estimate of drug-likeness (QED) is 0.573. The molecule has 3 heteroatoms. The molecule has 0 spiro atoms. The van der Waals surface area contributed by atoms with Gasteiger partial charge < -0.3 is 10.1 Å². The molecule has 0 fully saturated rings. The second-order valence-electron chi connectivity index (χ2n) is 6.12. The Balaban J connectivity index is 2.24. The van der Waals surface area contributed by atoms with Gasteiger partial charge in [0.05, 0.1) is 12.8 Å². The molecule has 0 saturated carbocycles. The monoisotopic (exact) mass is 292 g/mol. The van der Waals surface area contributed by atoms with E-state index >= 15 is 0 Å². The lowest BCUT2D eigenvalue weighted by Gasteiger charge is -2.12. The number of rotatable bonds is 12. The van der Waals surface area contributed by atoms with Crippen LogP contribution in [0.3, 0.4) is 0 Å².